The molecule has 0 saturated carbocycles. The molecule has 3 rings (SSSR count). The van der Waals surface area contributed by atoms with E-state index in [-0.39, 0.29) is 5.91 Å². The number of hydrogen-bond acceptors (Lipinski definition) is 4. The zero-order valence-electron chi connectivity index (χ0n) is 14.8. The van der Waals surface area contributed by atoms with E-state index in [0.717, 1.165) is 42.1 Å². The molecule has 1 aromatic carbocycles. The summed E-state index contributed by atoms with van der Waals surface area (Å²) >= 11 is 0. The lowest BCUT2D eigenvalue weighted by molar-refractivity contribution is -0.115. The first-order valence-corrected chi connectivity index (χ1v) is 8.28. The molecule has 0 fully saturated rings. The number of nitrogens with zero attached hydrogens (tertiary/aromatic N) is 3. The van der Waals surface area contributed by atoms with Crippen LogP contribution in [0.4, 0.5) is 5.69 Å². The van der Waals surface area contributed by atoms with Gasteiger partial charge in [0.15, 0.2) is 0 Å². The van der Waals surface area contributed by atoms with Crippen molar-refractivity contribution >= 4 is 11.6 Å². The SMILES string of the molecule is CNCCN(C)Cc1c(-c2ccc3c(c2)CC(=O)N3)c(C)nn1C. The van der Waals surface area contributed by atoms with Gasteiger partial charge in [-0.3, -0.25) is 14.4 Å². The number of aryl methyl sites for hydroxylation is 2. The predicted molar refractivity (Wildman–Crippen MR) is 96.0 cm³/mol. The van der Waals surface area contributed by atoms with Crippen LogP contribution in [0.5, 0.6) is 0 Å². The number of amides is 1. The van der Waals surface area contributed by atoms with Crippen molar-refractivity contribution in [2.75, 3.05) is 32.5 Å². The molecule has 24 heavy (non-hydrogen) atoms. The molecule has 0 bridgehead atoms. The van der Waals surface area contributed by atoms with Crippen molar-refractivity contribution in [3.63, 3.8) is 0 Å². The van der Waals surface area contributed by atoms with E-state index in [4.69, 9.17) is 0 Å². The van der Waals surface area contributed by atoms with E-state index in [1.165, 1.54) is 11.3 Å². The zero-order chi connectivity index (χ0) is 17.3. The van der Waals surface area contributed by atoms with Gasteiger partial charge in [-0.05, 0) is 44.3 Å². The van der Waals surface area contributed by atoms with E-state index in [1.807, 2.05) is 31.8 Å². The van der Waals surface area contributed by atoms with Crippen LogP contribution in [0.25, 0.3) is 11.1 Å². The lowest BCUT2D eigenvalue weighted by atomic mass is 9.99. The Morgan fingerprint density at radius 3 is 2.96 bits per heavy atom. The van der Waals surface area contributed by atoms with E-state index in [1.54, 1.807) is 0 Å². The Morgan fingerprint density at radius 1 is 1.42 bits per heavy atom. The highest BCUT2D eigenvalue weighted by atomic mass is 16.1. The summed E-state index contributed by atoms with van der Waals surface area (Å²) in [5.41, 5.74) is 6.52. The van der Waals surface area contributed by atoms with Gasteiger partial charge in [0.25, 0.3) is 0 Å². The minimum absolute atomic E-state index is 0.0667. The van der Waals surface area contributed by atoms with Gasteiger partial charge in [0, 0.05) is 37.9 Å². The van der Waals surface area contributed by atoms with Crippen LogP contribution in [0.15, 0.2) is 18.2 Å². The molecule has 0 atom stereocenters. The molecule has 1 aliphatic heterocycles. The largest absolute Gasteiger partial charge is 0.326 e. The molecule has 0 aliphatic carbocycles. The Kier molecular flexibility index (Phi) is 4.69. The number of fused-ring (bicyclic) bond motifs is 1. The normalized spacial score (nSPS) is 13.5. The first-order valence-electron chi connectivity index (χ1n) is 8.28. The van der Waals surface area contributed by atoms with Crippen molar-refractivity contribution in [1.82, 2.24) is 20.0 Å². The highest BCUT2D eigenvalue weighted by molar-refractivity contribution is 5.99. The Labute approximate surface area is 142 Å². The number of carbonyl (C=O) groups is 1. The van der Waals surface area contributed by atoms with Gasteiger partial charge in [-0.15, -0.1) is 0 Å². The highest BCUT2D eigenvalue weighted by Gasteiger charge is 2.21. The Morgan fingerprint density at radius 2 is 2.21 bits per heavy atom. The van der Waals surface area contributed by atoms with E-state index < -0.39 is 0 Å². The molecule has 0 radical (unpaired) electrons. The monoisotopic (exact) mass is 327 g/mol. The van der Waals surface area contributed by atoms with E-state index in [9.17, 15) is 4.79 Å². The van der Waals surface area contributed by atoms with Gasteiger partial charge in [-0.25, -0.2) is 0 Å². The Bertz CT molecular complexity index is 765. The number of benzene rings is 1. The minimum Gasteiger partial charge on any atom is -0.326 e. The first-order chi connectivity index (χ1) is 11.5. The molecule has 128 valence electrons. The van der Waals surface area contributed by atoms with E-state index in [2.05, 4.69) is 39.8 Å². The summed E-state index contributed by atoms with van der Waals surface area (Å²) in [6.45, 7) is 4.81. The maximum absolute atomic E-state index is 11.6. The molecule has 1 aromatic heterocycles. The zero-order valence-corrected chi connectivity index (χ0v) is 14.8. The number of rotatable bonds is 6. The van der Waals surface area contributed by atoms with Crippen molar-refractivity contribution in [2.45, 2.75) is 19.9 Å². The molecule has 0 spiro atoms. The van der Waals surface area contributed by atoms with E-state index >= 15 is 0 Å². The summed E-state index contributed by atoms with van der Waals surface area (Å²) in [6, 6.07) is 6.19. The highest BCUT2D eigenvalue weighted by Crippen LogP contribution is 2.33. The van der Waals surface area contributed by atoms with Crippen LogP contribution in [0, 0.1) is 6.92 Å². The van der Waals surface area contributed by atoms with Crippen molar-refractivity contribution in [2.24, 2.45) is 7.05 Å². The van der Waals surface area contributed by atoms with Crippen LogP contribution in [0.3, 0.4) is 0 Å². The smallest absolute Gasteiger partial charge is 0.228 e. The maximum atomic E-state index is 11.6. The van der Waals surface area contributed by atoms with E-state index in [0.29, 0.717) is 6.42 Å². The molecule has 6 heteroatoms. The van der Waals surface area contributed by atoms with Gasteiger partial charge < -0.3 is 10.6 Å². The van der Waals surface area contributed by atoms with Gasteiger partial charge in [0.2, 0.25) is 5.91 Å². The number of anilines is 1. The molecule has 6 nitrogen and oxygen atoms in total. The third kappa shape index (κ3) is 3.20. The van der Waals surface area contributed by atoms with Gasteiger partial charge in [-0.2, -0.15) is 5.10 Å². The molecule has 0 saturated heterocycles. The van der Waals surface area contributed by atoms with Crippen LogP contribution in [0.2, 0.25) is 0 Å². The van der Waals surface area contributed by atoms with Crippen LogP contribution < -0.4 is 10.6 Å². The summed E-state index contributed by atoms with van der Waals surface area (Å²) in [7, 11) is 6.08. The molecular formula is C18H25N5O. The number of aromatic nitrogens is 2. The molecule has 1 aliphatic rings. The molecule has 0 unspecified atom stereocenters. The van der Waals surface area contributed by atoms with Gasteiger partial charge in [0.05, 0.1) is 17.8 Å². The van der Waals surface area contributed by atoms with Gasteiger partial charge in [0.1, 0.15) is 0 Å². The number of carbonyl (C=O) groups excluding carboxylic acids is 1. The fraction of sp³-hybridized carbons (Fsp3) is 0.444. The second kappa shape index (κ2) is 6.75. The fourth-order valence-electron chi connectivity index (χ4n) is 3.29. The third-order valence-electron chi connectivity index (χ3n) is 4.52. The van der Waals surface area contributed by atoms with Crippen molar-refractivity contribution in [3.8, 4) is 11.1 Å². The number of hydrogen-bond donors (Lipinski definition) is 2. The molecular weight excluding hydrogens is 302 g/mol. The minimum atomic E-state index is 0.0667. The third-order valence-corrected chi connectivity index (χ3v) is 4.52. The van der Waals surface area contributed by atoms with Crippen molar-refractivity contribution < 1.29 is 4.79 Å². The molecule has 2 aromatic rings. The predicted octanol–water partition coefficient (Wildman–Crippen LogP) is 1.54. The summed E-state index contributed by atoms with van der Waals surface area (Å²) in [5, 5.41) is 10.7. The van der Waals surface area contributed by atoms with Gasteiger partial charge >= 0.3 is 0 Å². The second-order valence-corrected chi connectivity index (χ2v) is 6.47. The number of likely N-dealkylation sites (N-methyl/N-ethyl adjacent to an activating group) is 2. The average molecular weight is 327 g/mol. The average Bonchev–Trinajstić information content (AvgIpc) is 3.03. The summed E-state index contributed by atoms with van der Waals surface area (Å²) < 4.78 is 1.97. The molecule has 1 amide bonds. The first kappa shape index (κ1) is 16.7. The summed E-state index contributed by atoms with van der Waals surface area (Å²) in [4.78, 5) is 13.9. The topological polar surface area (TPSA) is 62.2 Å². The fourth-order valence-corrected chi connectivity index (χ4v) is 3.29. The summed E-state index contributed by atoms with van der Waals surface area (Å²) in [6.07, 6.45) is 0.458. The Hall–Kier alpha value is -2.18. The molecule has 2 N–H and O–H groups in total. The lowest BCUT2D eigenvalue weighted by Gasteiger charge is -2.18. The van der Waals surface area contributed by atoms with Crippen LogP contribution in [0.1, 0.15) is 17.0 Å². The van der Waals surface area contributed by atoms with Crippen LogP contribution >= 0.6 is 0 Å². The molecule has 2 heterocycles. The second-order valence-electron chi connectivity index (χ2n) is 6.47. The number of nitrogens with one attached hydrogen (secondary N) is 2. The quantitative estimate of drug-likeness (QED) is 0.845. The summed E-state index contributed by atoms with van der Waals surface area (Å²) in [5.74, 6) is 0.0667. The lowest BCUT2D eigenvalue weighted by Crippen LogP contribution is -2.27. The standard InChI is InChI=1S/C18H25N5O/c1-12-18(13-5-6-15-14(9-13)10-17(24)20-15)16(23(4)21-12)11-22(3)8-7-19-2/h5-6,9,19H,7-8,10-11H2,1-4H3,(H,20,24). The maximum Gasteiger partial charge on any atom is 0.228 e. The van der Waals surface area contributed by atoms with Crippen molar-refractivity contribution in [3.05, 3.63) is 35.2 Å². The van der Waals surface area contributed by atoms with Crippen LogP contribution in [-0.2, 0) is 24.8 Å². The van der Waals surface area contributed by atoms with Gasteiger partial charge in [-0.1, -0.05) is 6.07 Å². The Balaban J connectivity index is 1.94. The van der Waals surface area contributed by atoms with Crippen molar-refractivity contribution in [1.29, 1.82) is 0 Å². The van der Waals surface area contributed by atoms with Crippen LogP contribution in [-0.4, -0.2) is 47.8 Å².